The van der Waals surface area contributed by atoms with Gasteiger partial charge in [0, 0.05) is 49.5 Å². The zero-order chi connectivity index (χ0) is 57.4. The fraction of sp³-hybridized carbons (Fsp3) is 0.436. The van der Waals surface area contributed by atoms with Crippen molar-refractivity contribution in [3.05, 3.63) is 103 Å². The summed E-state index contributed by atoms with van der Waals surface area (Å²) < 4.78 is 71.4. The SMILES string of the molecule is CC1CC(=O)N(CCOCCOCCOCCC(=O)NCCC(=O)Nc2cc(C[n+]3cnc(N)c4c(-c5ccc6c(c5)CCN6C(=O)Cc5cccc(C(F)(F)F)c5)cn(C)c43)ccc2O[C@@H]2O[C@H](C(=O)O)[C@@H](O)[C@H](O)[C@H]2O)C1=O.[CH3-]. The Balaban J connectivity index is 0.00000946. The minimum absolute atomic E-state index is 0. The number of alkyl halides is 3. The van der Waals surface area contributed by atoms with Crippen molar-refractivity contribution in [3.63, 3.8) is 0 Å². The topological polar surface area (TPSA) is 308 Å². The Morgan fingerprint density at radius 1 is 0.889 bits per heavy atom. The summed E-state index contributed by atoms with van der Waals surface area (Å²) in [6.45, 7) is 3.47. The Morgan fingerprint density at radius 2 is 1.62 bits per heavy atom. The molecule has 0 radical (unpaired) electrons. The van der Waals surface area contributed by atoms with Crippen molar-refractivity contribution in [1.82, 2.24) is 19.8 Å². The first-order valence-electron chi connectivity index (χ1n) is 25.8. The lowest BCUT2D eigenvalue weighted by molar-refractivity contribution is -0.667. The summed E-state index contributed by atoms with van der Waals surface area (Å²) in [4.78, 5) is 82.5. The third-order valence-electron chi connectivity index (χ3n) is 13.8. The molecule has 8 N–H and O–H groups in total. The number of benzene rings is 3. The number of aliphatic hydroxyl groups excluding tert-OH is 3. The second-order valence-electron chi connectivity index (χ2n) is 19.5. The number of fused-ring (bicyclic) bond motifs is 2. The summed E-state index contributed by atoms with van der Waals surface area (Å²) in [6, 6.07) is 14.9. The average molecular weight is 1140 g/mol. The Labute approximate surface area is 463 Å². The standard InChI is InChI=1S/C54H61F3N8O15.CH3/c1-30-22-42(68)65(51(30)73)15-17-77-19-21-78-20-18-76-16-12-40(66)59-13-10-41(67)61-37-24-32(6-9-39(37)79-53-47(72)45(70)46(71)48(80-53)52(74)75)27-63-29-60-49(58)44-36(28-62(2)50(44)63)33-7-8-38-34(26-33)11-14-64(38)43(69)25-31-4-3-5-35(23-31)54(55,56)57;/h3-9,23-24,26,28-30,45-48,53,58,70-72H,10-22,25,27H2,1-2H3,(H3,59,61,66,67,74,75);1H3/q;-1/p+1/t30?,45-,46-,47+,48-,53+;/m0./s1. The number of carboxylic acid groups (broad SMARTS) is 1. The molecule has 23 nitrogen and oxygen atoms in total. The van der Waals surface area contributed by atoms with Gasteiger partial charge in [0.2, 0.25) is 53.6 Å². The number of amides is 5. The largest absolute Gasteiger partial charge is 0.479 e. The molecule has 2 saturated heterocycles. The molecule has 0 aliphatic carbocycles. The number of carbonyl (C=O) groups excluding carboxylic acids is 5. The van der Waals surface area contributed by atoms with E-state index in [2.05, 4.69) is 15.6 Å². The number of imide groups is 1. The van der Waals surface area contributed by atoms with E-state index in [4.69, 9.17) is 29.4 Å². The molecule has 0 bridgehead atoms. The molecule has 5 aromatic rings. The minimum Gasteiger partial charge on any atom is -0.479 e. The average Bonchev–Trinajstić information content (AvgIpc) is 4.28. The molecule has 8 rings (SSSR count). The zero-order valence-electron chi connectivity index (χ0n) is 44.7. The van der Waals surface area contributed by atoms with Crippen LogP contribution in [0.15, 0.2) is 73.2 Å². The molecule has 3 aromatic carbocycles. The summed E-state index contributed by atoms with van der Waals surface area (Å²) in [6.07, 6.45) is -10.5. The van der Waals surface area contributed by atoms with Crippen LogP contribution in [-0.2, 0) is 80.3 Å². The lowest BCUT2D eigenvalue weighted by Crippen LogP contribution is -2.61. The van der Waals surface area contributed by atoms with E-state index in [9.17, 15) is 62.4 Å². The maximum atomic E-state index is 13.5. The number of nitrogens with zero attached hydrogens (tertiary/aromatic N) is 5. The summed E-state index contributed by atoms with van der Waals surface area (Å²) in [5.74, 6) is -3.57. The highest BCUT2D eigenvalue weighted by molar-refractivity contribution is 6.03. The fourth-order valence-corrected chi connectivity index (χ4v) is 9.67. The summed E-state index contributed by atoms with van der Waals surface area (Å²) in [5.41, 5.74) is 10.2. The van der Waals surface area contributed by atoms with Crippen molar-refractivity contribution in [2.45, 2.75) is 82.5 Å². The van der Waals surface area contributed by atoms with Gasteiger partial charge in [0.05, 0.1) is 83.6 Å². The first-order chi connectivity index (χ1) is 38.2. The van der Waals surface area contributed by atoms with Gasteiger partial charge in [-0.3, -0.25) is 33.4 Å². The van der Waals surface area contributed by atoms with E-state index in [0.29, 0.717) is 35.2 Å². The fourth-order valence-electron chi connectivity index (χ4n) is 9.67. The number of nitrogen functional groups attached to an aromatic ring is 1. The first-order valence-corrected chi connectivity index (χ1v) is 25.8. The van der Waals surface area contributed by atoms with Crippen molar-refractivity contribution in [1.29, 1.82) is 0 Å². The molecule has 81 heavy (non-hydrogen) atoms. The van der Waals surface area contributed by atoms with E-state index in [-0.39, 0.29) is 139 Å². The number of rotatable bonds is 24. The van der Waals surface area contributed by atoms with Gasteiger partial charge in [0.25, 0.3) is 0 Å². The number of halogens is 3. The van der Waals surface area contributed by atoms with Crippen LogP contribution < -0.4 is 30.6 Å². The molecule has 3 aliphatic heterocycles. The number of nitrogens with one attached hydrogen (secondary N) is 2. The number of carboxylic acids is 1. The number of aliphatic carboxylic acids is 1. The first kappa shape index (κ1) is 61.0. The lowest BCUT2D eigenvalue weighted by Gasteiger charge is -2.38. The summed E-state index contributed by atoms with van der Waals surface area (Å²) in [5, 5.41) is 47.1. The zero-order valence-corrected chi connectivity index (χ0v) is 44.7. The summed E-state index contributed by atoms with van der Waals surface area (Å²) >= 11 is 0. The predicted molar refractivity (Wildman–Crippen MR) is 283 cm³/mol. The number of aromatic nitrogens is 3. The highest BCUT2D eigenvalue weighted by Gasteiger charge is 2.48. The number of aryl methyl sites for hydroxylation is 1. The number of carbonyl (C=O) groups is 6. The van der Waals surface area contributed by atoms with Crippen molar-refractivity contribution < 1.29 is 90.6 Å². The number of hydrogen-bond donors (Lipinski definition) is 7. The van der Waals surface area contributed by atoms with Crippen molar-refractivity contribution in [2.24, 2.45) is 13.0 Å². The maximum Gasteiger partial charge on any atom is 0.416 e. The normalized spacial score (nSPS) is 19.9. The molecule has 5 amide bonds. The predicted octanol–water partition coefficient (Wildman–Crippen LogP) is 2.31. The van der Waals surface area contributed by atoms with Crippen LogP contribution in [0.3, 0.4) is 0 Å². The Kier molecular flexibility index (Phi) is 20.2. The van der Waals surface area contributed by atoms with Gasteiger partial charge in [-0.15, -0.1) is 0 Å². The van der Waals surface area contributed by atoms with E-state index in [1.807, 2.05) is 29.9 Å². The van der Waals surface area contributed by atoms with E-state index >= 15 is 0 Å². The van der Waals surface area contributed by atoms with Gasteiger partial charge in [-0.1, -0.05) is 42.2 Å². The molecular weight excluding hydrogens is 1070 g/mol. The van der Waals surface area contributed by atoms with E-state index < -0.39 is 60.2 Å². The van der Waals surface area contributed by atoms with Gasteiger partial charge in [0.1, 0.15) is 29.4 Å². The third kappa shape index (κ3) is 14.7. The molecule has 436 valence electrons. The number of ether oxygens (including phenoxy) is 5. The third-order valence-corrected chi connectivity index (χ3v) is 13.8. The van der Waals surface area contributed by atoms with Gasteiger partial charge in [-0.2, -0.15) is 13.2 Å². The number of likely N-dealkylation sites (tertiary alicyclic amines) is 1. The van der Waals surface area contributed by atoms with E-state index in [0.717, 1.165) is 28.8 Å². The molecule has 3 aliphatic rings. The minimum atomic E-state index is -4.54. The monoisotopic (exact) mass is 1130 g/mol. The maximum absolute atomic E-state index is 13.5. The van der Waals surface area contributed by atoms with Gasteiger partial charge in [-0.05, 0) is 59.0 Å². The van der Waals surface area contributed by atoms with Crippen LogP contribution >= 0.6 is 0 Å². The quantitative estimate of drug-likeness (QED) is 0.0202. The van der Waals surface area contributed by atoms with E-state index in [1.54, 1.807) is 34.6 Å². The van der Waals surface area contributed by atoms with Crippen LogP contribution in [0.2, 0.25) is 0 Å². The Bertz CT molecular complexity index is 3120. The van der Waals surface area contributed by atoms with Gasteiger partial charge < -0.3 is 72.8 Å². The molecule has 26 heteroatoms. The van der Waals surface area contributed by atoms with Crippen LogP contribution in [0, 0.1) is 13.3 Å². The van der Waals surface area contributed by atoms with E-state index in [1.165, 1.54) is 29.4 Å². The van der Waals surface area contributed by atoms with Gasteiger partial charge in [-0.25, -0.2) is 9.36 Å². The molecule has 6 atom stereocenters. The van der Waals surface area contributed by atoms with Crippen molar-refractivity contribution >= 4 is 63.7 Å². The number of nitrogens with two attached hydrogens (primary N) is 1. The number of aliphatic hydroxyl groups is 3. The second-order valence-corrected chi connectivity index (χ2v) is 19.5. The van der Waals surface area contributed by atoms with Crippen LogP contribution in [-0.4, -0.2) is 160 Å². The molecule has 1 unspecified atom stereocenters. The molecule has 0 spiro atoms. The lowest BCUT2D eigenvalue weighted by atomic mass is 9.99. The van der Waals surface area contributed by atoms with Gasteiger partial charge >= 0.3 is 12.1 Å². The molecule has 0 saturated carbocycles. The molecule has 2 aromatic heterocycles. The highest BCUT2D eigenvalue weighted by atomic mass is 19.4. The van der Waals surface area contributed by atoms with Crippen LogP contribution in [0.1, 0.15) is 48.4 Å². The highest BCUT2D eigenvalue weighted by Crippen LogP contribution is 2.38. The van der Waals surface area contributed by atoms with Crippen molar-refractivity contribution in [2.75, 3.05) is 75.2 Å². The molecular formula is C55H65F3N8O15. The number of hydrogen-bond acceptors (Lipinski definition) is 16. The summed E-state index contributed by atoms with van der Waals surface area (Å²) in [7, 11) is 1.81. The van der Waals surface area contributed by atoms with Crippen LogP contribution in [0.5, 0.6) is 5.75 Å². The van der Waals surface area contributed by atoms with Crippen LogP contribution in [0.4, 0.5) is 30.4 Å². The Morgan fingerprint density at radius 3 is 2.32 bits per heavy atom. The van der Waals surface area contributed by atoms with Crippen molar-refractivity contribution in [3.8, 4) is 16.9 Å². The molecule has 2 fully saturated rings. The second kappa shape index (κ2) is 26.8. The molecule has 5 heterocycles. The smallest absolute Gasteiger partial charge is 0.416 e. The Hall–Kier alpha value is -7.59. The van der Waals surface area contributed by atoms with Gasteiger partial charge in [0.15, 0.2) is 6.10 Å². The number of anilines is 3. The van der Waals surface area contributed by atoms with Crippen LogP contribution in [0.25, 0.3) is 22.2 Å².